The number of rotatable bonds is 3. The Hall–Kier alpha value is -2.91. The first-order valence-corrected chi connectivity index (χ1v) is 12.0. The third kappa shape index (κ3) is 3.45. The standard InChI is InChI=1S/C23H25N7OS/c1-29-4-6-30(7-5-29)23(31)14-2-3-17-19(9-14)32-22-20(17)21(26-13-27-22)28-16-8-15-10-24-12-18(15)25-11-16/h8,10-11,13-14H,2-7,9,12H2,1H3,(H,26,27,28)/t14-/m0/s1. The zero-order valence-corrected chi connectivity index (χ0v) is 18.9. The van der Waals surface area contributed by atoms with Crippen molar-refractivity contribution in [3.63, 3.8) is 0 Å². The van der Waals surface area contributed by atoms with E-state index >= 15 is 0 Å². The minimum atomic E-state index is 0.0727. The maximum Gasteiger partial charge on any atom is 0.226 e. The predicted octanol–water partition coefficient (Wildman–Crippen LogP) is 2.64. The molecule has 3 aromatic rings. The van der Waals surface area contributed by atoms with Gasteiger partial charge in [0.05, 0.1) is 29.5 Å². The van der Waals surface area contributed by atoms with Crippen molar-refractivity contribution in [3.8, 4) is 0 Å². The lowest BCUT2D eigenvalue weighted by molar-refractivity contribution is -0.137. The van der Waals surface area contributed by atoms with E-state index in [0.717, 1.165) is 78.4 Å². The van der Waals surface area contributed by atoms with Crippen molar-refractivity contribution in [2.24, 2.45) is 10.9 Å². The molecule has 3 aromatic heterocycles. The van der Waals surface area contributed by atoms with Gasteiger partial charge in [-0.1, -0.05) is 0 Å². The summed E-state index contributed by atoms with van der Waals surface area (Å²) < 4.78 is 0. The molecule has 5 heterocycles. The maximum atomic E-state index is 13.1. The Morgan fingerprint density at radius 1 is 1.19 bits per heavy atom. The normalized spacial score (nSPS) is 20.4. The van der Waals surface area contributed by atoms with Gasteiger partial charge in [0, 0.05) is 48.8 Å². The Labute approximate surface area is 190 Å². The van der Waals surface area contributed by atoms with Crippen molar-refractivity contribution in [1.82, 2.24) is 24.8 Å². The molecule has 1 N–H and O–H groups in total. The van der Waals surface area contributed by atoms with E-state index in [2.05, 4.69) is 48.2 Å². The van der Waals surface area contributed by atoms with E-state index in [-0.39, 0.29) is 5.92 Å². The predicted molar refractivity (Wildman–Crippen MR) is 126 cm³/mol. The minimum absolute atomic E-state index is 0.0727. The molecule has 1 fully saturated rings. The summed E-state index contributed by atoms with van der Waals surface area (Å²) in [6.45, 7) is 4.25. The molecule has 8 nitrogen and oxygen atoms in total. The number of thiophene rings is 1. The SMILES string of the molecule is CN1CCN(C(=O)[C@H]2CCc3c(sc4ncnc(Nc5cnc6c(c5)C=NC6)c34)C2)CC1. The number of aromatic nitrogens is 3. The monoisotopic (exact) mass is 447 g/mol. The van der Waals surface area contributed by atoms with Crippen molar-refractivity contribution in [2.75, 3.05) is 38.5 Å². The Morgan fingerprint density at radius 3 is 2.94 bits per heavy atom. The van der Waals surface area contributed by atoms with Crippen LogP contribution in [0.15, 0.2) is 23.6 Å². The zero-order chi connectivity index (χ0) is 21.7. The fourth-order valence-electron chi connectivity index (χ4n) is 4.89. The third-order valence-corrected chi connectivity index (χ3v) is 7.91. The van der Waals surface area contributed by atoms with Crippen LogP contribution in [0.25, 0.3) is 10.2 Å². The first-order chi connectivity index (χ1) is 15.7. The molecule has 1 aliphatic carbocycles. The summed E-state index contributed by atoms with van der Waals surface area (Å²) >= 11 is 1.71. The van der Waals surface area contributed by atoms with Crippen molar-refractivity contribution in [3.05, 3.63) is 40.3 Å². The molecule has 9 heteroatoms. The number of aryl methyl sites for hydroxylation is 1. The quantitative estimate of drug-likeness (QED) is 0.664. The van der Waals surface area contributed by atoms with Gasteiger partial charge in [-0.2, -0.15) is 0 Å². The van der Waals surface area contributed by atoms with Gasteiger partial charge < -0.3 is 15.1 Å². The molecule has 1 saturated heterocycles. The molecule has 164 valence electrons. The second kappa shape index (κ2) is 7.90. The van der Waals surface area contributed by atoms with Gasteiger partial charge in [0.1, 0.15) is 17.0 Å². The number of hydrogen-bond acceptors (Lipinski definition) is 8. The van der Waals surface area contributed by atoms with Crippen LogP contribution in [0, 0.1) is 5.92 Å². The molecule has 0 spiro atoms. The number of pyridine rings is 1. The van der Waals surface area contributed by atoms with Gasteiger partial charge in [-0.05, 0) is 37.9 Å². The number of nitrogens with zero attached hydrogens (tertiary/aromatic N) is 6. The highest BCUT2D eigenvalue weighted by Crippen LogP contribution is 2.40. The second-order valence-electron chi connectivity index (χ2n) is 8.83. The van der Waals surface area contributed by atoms with Crippen LogP contribution < -0.4 is 5.32 Å². The van der Waals surface area contributed by atoms with Crippen molar-refractivity contribution < 1.29 is 4.79 Å². The Morgan fingerprint density at radius 2 is 2.06 bits per heavy atom. The topological polar surface area (TPSA) is 86.6 Å². The van der Waals surface area contributed by atoms with Crippen LogP contribution in [0.3, 0.4) is 0 Å². The number of nitrogens with one attached hydrogen (secondary N) is 1. The molecule has 3 aliphatic rings. The number of fused-ring (bicyclic) bond motifs is 4. The number of amides is 1. The van der Waals surface area contributed by atoms with Crippen molar-refractivity contribution >= 4 is 45.2 Å². The largest absolute Gasteiger partial charge is 0.340 e. The summed E-state index contributed by atoms with van der Waals surface area (Å²) in [6, 6.07) is 2.07. The highest BCUT2D eigenvalue weighted by molar-refractivity contribution is 7.19. The van der Waals surface area contributed by atoms with E-state index in [1.165, 1.54) is 10.4 Å². The lowest BCUT2D eigenvalue weighted by atomic mass is 9.86. The molecule has 0 radical (unpaired) electrons. The average molecular weight is 448 g/mol. The summed E-state index contributed by atoms with van der Waals surface area (Å²) in [5.74, 6) is 1.20. The fraction of sp³-hybridized carbons (Fsp3) is 0.435. The molecule has 0 bridgehead atoms. The Kier molecular flexibility index (Phi) is 4.87. The van der Waals surface area contributed by atoms with Crippen molar-refractivity contribution in [1.29, 1.82) is 0 Å². The van der Waals surface area contributed by atoms with E-state index in [0.29, 0.717) is 12.5 Å². The summed E-state index contributed by atoms with van der Waals surface area (Å²) in [7, 11) is 2.12. The molecular formula is C23H25N7OS. The molecular weight excluding hydrogens is 422 g/mol. The number of aliphatic imine (C=N–C) groups is 1. The first-order valence-electron chi connectivity index (χ1n) is 11.1. The number of anilines is 2. The van der Waals surface area contributed by atoms with E-state index in [1.807, 2.05) is 12.4 Å². The fourth-order valence-corrected chi connectivity index (χ4v) is 6.16. The van der Waals surface area contributed by atoms with Crippen LogP contribution in [-0.4, -0.2) is 70.1 Å². The number of carbonyl (C=O) groups excluding carboxylic acids is 1. The summed E-state index contributed by atoms with van der Waals surface area (Å²) in [4.78, 5) is 37.6. The number of carbonyl (C=O) groups is 1. The van der Waals surface area contributed by atoms with Gasteiger partial charge in [-0.25, -0.2) is 9.97 Å². The van der Waals surface area contributed by atoms with Gasteiger partial charge in [-0.15, -0.1) is 11.3 Å². The van der Waals surface area contributed by atoms with Crippen LogP contribution >= 0.6 is 11.3 Å². The van der Waals surface area contributed by atoms with Crippen LogP contribution in [0.4, 0.5) is 11.5 Å². The molecule has 0 unspecified atom stereocenters. The smallest absolute Gasteiger partial charge is 0.226 e. The molecule has 1 atom stereocenters. The second-order valence-corrected chi connectivity index (χ2v) is 9.91. The van der Waals surface area contributed by atoms with Gasteiger partial charge in [0.2, 0.25) is 5.91 Å². The first kappa shape index (κ1) is 19.8. The molecule has 6 rings (SSSR count). The Bertz CT molecular complexity index is 1230. The third-order valence-electron chi connectivity index (χ3n) is 6.75. The van der Waals surface area contributed by atoms with Gasteiger partial charge >= 0.3 is 0 Å². The number of hydrogen-bond donors (Lipinski definition) is 1. The van der Waals surface area contributed by atoms with Crippen LogP contribution in [0.5, 0.6) is 0 Å². The van der Waals surface area contributed by atoms with Gasteiger partial charge in [0.25, 0.3) is 0 Å². The summed E-state index contributed by atoms with van der Waals surface area (Å²) in [5.41, 5.74) is 4.26. The van der Waals surface area contributed by atoms with Crippen LogP contribution in [-0.2, 0) is 24.2 Å². The molecule has 1 amide bonds. The van der Waals surface area contributed by atoms with Gasteiger partial charge in [0.15, 0.2) is 0 Å². The molecule has 32 heavy (non-hydrogen) atoms. The highest BCUT2D eigenvalue weighted by atomic mass is 32.1. The van der Waals surface area contributed by atoms with Gasteiger partial charge in [-0.3, -0.25) is 14.8 Å². The van der Waals surface area contributed by atoms with E-state index in [9.17, 15) is 4.79 Å². The Balaban J connectivity index is 1.26. The van der Waals surface area contributed by atoms with E-state index in [1.54, 1.807) is 17.7 Å². The van der Waals surface area contributed by atoms with Crippen molar-refractivity contribution in [2.45, 2.75) is 25.8 Å². The summed E-state index contributed by atoms with van der Waals surface area (Å²) in [5, 5.41) is 4.54. The van der Waals surface area contributed by atoms with E-state index < -0.39 is 0 Å². The molecule has 0 aromatic carbocycles. The molecule has 2 aliphatic heterocycles. The lowest BCUT2D eigenvalue weighted by Gasteiger charge is -2.35. The van der Waals surface area contributed by atoms with E-state index in [4.69, 9.17) is 0 Å². The average Bonchev–Trinajstić information content (AvgIpc) is 3.43. The number of piperazine rings is 1. The highest BCUT2D eigenvalue weighted by Gasteiger charge is 2.32. The lowest BCUT2D eigenvalue weighted by Crippen LogP contribution is -2.49. The molecule has 0 saturated carbocycles. The van der Waals surface area contributed by atoms with Crippen LogP contribution in [0.2, 0.25) is 0 Å². The minimum Gasteiger partial charge on any atom is -0.340 e. The van der Waals surface area contributed by atoms with Crippen LogP contribution in [0.1, 0.15) is 28.1 Å². The summed E-state index contributed by atoms with van der Waals surface area (Å²) in [6.07, 6.45) is 7.89. The zero-order valence-electron chi connectivity index (χ0n) is 18.0. The maximum absolute atomic E-state index is 13.1. The number of likely N-dealkylation sites (N-methyl/N-ethyl adjacent to an activating group) is 1.